The summed E-state index contributed by atoms with van der Waals surface area (Å²) in [6, 6.07) is 0.361. The van der Waals surface area contributed by atoms with Crippen LogP contribution in [0.2, 0.25) is 0 Å². The standard InChI is InChI=1S/C12H23N3S/c1-9(13-8-12(3,4)16-6)11-7-14-15(5)10(11)2/h7,9,13H,8H2,1-6H3. The number of hydrogen-bond acceptors (Lipinski definition) is 3. The average Bonchev–Trinajstić information content (AvgIpc) is 2.57. The topological polar surface area (TPSA) is 29.9 Å². The van der Waals surface area contributed by atoms with Crippen LogP contribution in [0.25, 0.3) is 0 Å². The van der Waals surface area contributed by atoms with Crippen LogP contribution < -0.4 is 5.32 Å². The first-order chi connectivity index (χ1) is 7.37. The van der Waals surface area contributed by atoms with E-state index in [1.165, 1.54) is 11.3 Å². The van der Waals surface area contributed by atoms with Gasteiger partial charge in [0.05, 0.1) is 6.20 Å². The van der Waals surface area contributed by atoms with Crippen molar-refractivity contribution in [3.8, 4) is 0 Å². The Bertz CT molecular complexity index is 344. The van der Waals surface area contributed by atoms with E-state index in [4.69, 9.17) is 0 Å². The number of nitrogens with one attached hydrogen (secondary N) is 1. The van der Waals surface area contributed by atoms with Gasteiger partial charge in [0.25, 0.3) is 0 Å². The van der Waals surface area contributed by atoms with Crippen LogP contribution in [-0.4, -0.2) is 27.3 Å². The summed E-state index contributed by atoms with van der Waals surface area (Å²) in [5.41, 5.74) is 2.53. The lowest BCUT2D eigenvalue weighted by atomic mass is 10.1. The summed E-state index contributed by atoms with van der Waals surface area (Å²) in [4.78, 5) is 0. The molecule has 1 unspecified atom stereocenters. The molecule has 1 rings (SSSR count). The van der Waals surface area contributed by atoms with Crippen molar-refractivity contribution in [3.05, 3.63) is 17.5 Å². The van der Waals surface area contributed by atoms with Crippen LogP contribution in [0, 0.1) is 6.92 Å². The van der Waals surface area contributed by atoms with Crippen LogP contribution in [-0.2, 0) is 7.05 Å². The monoisotopic (exact) mass is 241 g/mol. The molecule has 0 aliphatic rings. The zero-order valence-electron chi connectivity index (χ0n) is 11.2. The van der Waals surface area contributed by atoms with E-state index in [-0.39, 0.29) is 4.75 Å². The molecule has 0 saturated carbocycles. The van der Waals surface area contributed by atoms with Gasteiger partial charge < -0.3 is 5.32 Å². The van der Waals surface area contributed by atoms with Crippen molar-refractivity contribution in [1.29, 1.82) is 0 Å². The van der Waals surface area contributed by atoms with Gasteiger partial charge in [-0.05, 0) is 34.0 Å². The molecule has 92 valence electrons. The molecule has 0 amide bonds. The molecule has 1 atom stereocenters. The molecule has 4 heteroatoms. The van der Waals surface area contributed by atoms with Gasteiger partial charge in [0.15, 0.2) is 0 Å². The van der Waals surface area contributed by atoms with Gasteiger partial charge in [-0.15, -0.1) is 0 Å². The predicted octanol–water partition coefficient (Wildman–Crippen LogP) is 2.52. The molecular weight excluding hydrogens is 218 g/mol. The van der Waals surface area contributed by atoms with Crippen LogP contribution >= 0.6 is 11.8 Å². The first kappa shape index (κ1) is 13.6. The quantitative estimate of drug-likeness (QED) is 0.859. The van der Waals surface area contributed by atoms with E-state index in [1.807, 2.05) is 29.7 Å². The van der Waals surface area contributed by atoms with Gasteiger partial charge in [0, 0.05) is 35.6 Å². The van der Waals surface area contributed by atoms with E-state index in [1.54, 1.807) is 0 Å². The molecule has 0 radical (unpaired) electrons. The summed E-state index contributed by atoms with van der Waals surface area (Å²) in [5, 5.41) is 7.84. The Balaban J connectivity index is 2.60. The smallest absolute Gasteiger partial charge is 0.0540 e. The maximum Gasteiger partial charge on any atom is 0.0540 e. The molecule has 0 aliphatic carbocycles. The lowest BCUT2D eigenvalue weighted by Gasteiger charge is -2.25. The second kappa shape index (κ2) is 5.23. The highest BCUT2D eigenvalue weighted by molar-refractivity contribution is 7.99. The Hall–Kier alpha value is -0.480. The van der Waals surface area contributed by atoms with E-state index in [0.29, 0.717) is 6.04 Å². The van der Waals surface area contributed by atoms with E-state index >= 15 is 0 Å². The largest absolute Gasteiger partial charge is 0.309 e. The van der Waals surface area contributed by atoms with E-state index in [0.717, 1.165) is 6.54 Å². The van der Waals surface area contributed by atoms with Gasteiger partial charge in [0.2, 0.25) is 0 Å². The van der Waals surface area contributed by atoms with E-state index < -0.39 is 0 Å². The molecular formula is C12H23N3S. The van der Waals surface area contributed by atoms with Crippen molar-refractivity contribution < 1.29 is 0 Å². The third-order valence-electron chi connectivity index (χ3n) is 3.13. The van der Waals surface area contributed by atoms with Crippen LogP contribution in [0.5, 0.6) is 0 Å². The maximum absolute atomic E-state index is 4.27. The lowest BCUT2D eigenvalue weighted by Crippen LogP contribution is -2.33. The number of aryl methyl sites for hydroxylation is 1. The summed E-state index contributed by atoms with van der Waals surface area (Å²) in [7, 11) is 1.98. The minimum atomic E-state index is 0.282. The molecule has 0 fully saturated rings. The van der Waals surface area contributed by atoms with Gasteiger partial charge >= 0.3 is 0 Å². The highest BCUT2D eigenvalue weighted by Crippen LogP contribution is 2.22. The Kier molecular flexibility index (Phi) is 4.44. The number of hydrogen-bond donors (Lipinski definition) is 1. The van der Waals surface area contributed by atoms with E-state index in [2.05, 4.69) is 44.4 Å². The molecule has 0 aliphatic heterocycles. The second-order valence-corrected chi connectivity index (χ2v) is 6.39. The Morgan fingerprint density at radius 3 is 2.62 bits per heavy atom. The SMILES string of the molecule is CSC(C)(C)CNC(C)c1cnn(C)c1C. The third kappa shape index (κ3) is 3.25. The summed E-state index contributed by atoms with van der Waals surface area (Å²) in [6.07, 6.45) is 4.11. The fraction of sp³-hybridized carbons (Fsp3) is 0.750. The fourth-order valence-electron chi connectivity index (χ4n) is 1.52. The summed E-state index contributed by atoms with van der Waals surface area (Å²) in [5.74, 6) is 0. The molecule has 1 heterocycles. The lowest BCUT2D eigenvalue weighted by molar-refractivity contribution is 0.520. The molecule has 1 aromatic rings. The zero-order valence-corrected chi connectivity index (χ0v) is 12.0. The molecule has 3 nitrogen and oxygen atoms in total. The highest BCUT2D eigenvalue weighted by Gasteiger charge is 2.18. The first-order valence-electron chi connectivity index (χ1n) is 5.64. The van der Waals surface area contributed by atoms with Crippen LogP contribution in [0.4, 0.5) is 0 Å². The second-order valence-electron chi connectivity index (χ2n) is 4.88. The molecule has 16 heavy (non-hydrogen) atoms. The predicted molar refractivity (Wildman–Crippen MR) is 72.0 cm³/mol. The minimum absolute atomic E-state index is 0.282. The third-order valence-corrected chi connectivity index (χ3v) is 4.38. The maximum atomic E-state index is 4.27. The number of nitrogens with zero attached hydrogens (tertiary/aromatic N) is 2. The Morgan fingerprint density at radius 2 is 2.19 bits per heavy atom. The Labute approximate surface area is 103 Å². The summed E-state index contributed by atoms with van der Waals surface area (Å²) < 4.78 is 2.21. The molecule has 0 bridgehead atoms. The number of rotatable bonds is 5. The molecule has 0 aromatic carbocycles. The van der Waals surface area contributed by atoms with Crippen LogP contribution in [0.15, 0.2) is 6.20 Å². The van der Waals surface area contributed by atoms with Crippen LogP contribution in [0.3, 0.4) is 0 Å². The average molecular weight is 241 g/mol. The van der Waals surface area contributed by atoms with E-state index in [9.17, 15) is 0 Å². The van der Waals surface area contributed by atoms with Gasteiger partial charge in [0.1, 0.15) is 0 Å². The Morgan fingerprint density at radius 1 is 1.56 bits per heavy atom. The zero-order chi connectivity index (χ0) is 12.3. The van der Waals surface area contributed by atoms with Gasteiger partial charge in [-0.25, -0.2) is 0 Å². The van der Waals surface area contributed by atoms with Crippen molar-refractivity contribution in [1.82, 2.24) is 15.1 Å². The van der Waals surface area contributed by atoms with Crippen molar-refractivity contribution >= 4 is 11.8 Å². The first-order valence-corrected chi connectivity index (χ1v) is 6.87. The van der Waals surface area contributed by atoms with Gasteiger partial charge in [-0.3, -0.25) is 4.68 Å². The van der Waals surface area contributed by atoms with Crippen molar-refractivity contribution in [3.63, 3.8) is 0 Å². The normalized spacial score (nSPS) is 14.1. The molecule has 1 aromatic heterocycles. The van der Waals surface area contributed by atoms with Gasteiger partial charge in [-0.1, -0.05) is 0 Å². The highest BCUT2D eigenvalue weighted by atomic mass is 32.2. The summed E-state index contributed by atoms with van der Waals surface area (Å²) >= 11 is 1.89. The number of aromatic nitrogens is 2. The minimum Gasteiger partial charge on any atom is -0.309 e. The fourth-order valence-corrected chi connectivity index (χ4v) is 1.75. The van der Waals surface area contributed by atoms with Crippen molar-refractivity contribution in [2.45, 2.75) is 38.5 Å². The number of thioether (sulfide) groups is 1. The van der Waals surface area contributed by atoms with Crippen molar-refractivity contribution in [2.24, 2.45) is 7.05 Å². The molecule has 1 N–H and O–H groups in total. The van der Waals surface area contributed by atoms with Gasteiger partial charge in [-0.2, -0.15) is 16.9 Å². The molecule has 0 saturated heterocycles. The van der Waals surface area contributed by atoms with Crippen LogP contribution in [0.1, 0.15) is 38.1 Å². The summed E-state index contributed by atoms with van der Waals surface area (Å²) in [6.45, 7) is 9.82. The van der Waals surface area contributed by atoms with Crippen molar-refractivity contribution in [2.75, 3.05) is 12.8 Å². The molecule has 0 spiro atoms.